The minimum atomic E-state index is 0.773. The summed E-state index contributed by atoms with van der Waals surface area (Å²) in [5.74, 6) is 0. The first-order valence-corrected chi connectivity index (χ1v) is 6.47. The lowest BCUT2D eigenvalue weighted by molar-refractivity contribution is 1.49. The van der Waals surface area contributed by atoms with Crippen molar-refractivity contribution >= 4 is 13.9 Å². The summed E-state index contributed by atoms with van der Waals surface area (Å²) in [7, 11) is 0.773. The fourth-order valence-electron chi connectivity index (χ4n) is 1.96. The summed E-state index contributed by atoms with van der Waals surface area (Å²) in [5.41, 5.74) is 4.07. The number of rotatable bonds is 2. The number of hydrogen-bond acceptors (Lipinski definition) is 0. The molecule has 16 heavy (non-hydrogen) atoms. The summed E-state index contributed by atoms with van der Waals surface area (Å²) < 4.78 is 0. The molecule has 0 radical (unpaired) electrons. The summed E-state index contributed by atoms with van der Waals surface area (Å²) in [6.07, 6.45) is 11.1. The molecule has 1 unspecified atom stereocenters. The second-order valence-corrected chi connectivity index (χ2v) is 5.58. The van der Waals surface area contributed by atoms with E-state index in [9.17, 15) is 0 Å². The van der Waals surface area contributed by atoms with Crippen molar-refractivity contribution in [2.75, 3.05) is 0 Å². The van der Waals surface area contributed by atoms with E-state index in [1.807, 2.05) is 0 Å². The van der Waals surface area contributed by atoms with Crippen LogP contribution in [0.3, 0.4) is 0 Å². The lowest BCUT2D eigenvalue weighted by Gasteiger charge is -2.01. The van der Waals surface area contributed by atoms with Gasteiger partial charge >= 0.3 is 0 Å². The molecular formula is C15H13P. The highest BCUT2D eigenvalue weighted by atomic mass is 31.1. The third-order valence-electron chi connectivity index (χ3n) is 2.85. The highest BCUT2D eigenvalue weighted by Gasteiger charge is 2.12. The monoisotopic (exact) mass is 224 g/mol. The predicted molar refractivity (Wildman–Crippen MR) is 72.5 cm³/mol. The number of hydrogen-bond donors (Lipinski definition) is 0. The first-order valence-electron chi connectivity index (χ1n) is 5.47. The molecule has 1 heteroatoms. The normalized spacial score (nSPS) is 17.7. The van der Waals surface area contributed by atoms with Crippen molar-refractivity contribution in [2.24, 2.45) is 0 Å². The number of aryl methyl sites for hydroxylation is 1. The summed E-state index contributed by atoms with van der Waals surface area (Å²) in [5, 5.41) is 2.85. The summed E-state index contributed by atoms with van der Waals surface area (Å²) in [6.45, 7) is 2.13. The molecule has 0 saturated heterocycles. The van der Waals surface area contributed by atoms with E-state index >= 15 is 0 Å². The van der Waals surface area contributed by atoms with Gasteiger partial charge < -0.3 is 0 Å². The molecule has 0 heterocycles. The maximum absolute atomic E-state index is 2.30. The molecule has 0 fully saturated rings. The van der Waals surface area contributed by atoms with Crippen molar-refractivity contribution < 1.29 is 0 Å². The molecule has 1 atom stereocenters. The van der Waals surface area contributed by atoms with Crippen molar-refractivity contribution in [3.8, 4) is 0 Å². The van der Waals surface area contributed by atoms with Crippen LogP contribution in [0.25, 0.3) is 0 Å². The van der Waals surface area contributed by atoms with Crippen LogP contribution in [0, 0.1) is 6.92 Å². The van der Waals surface area contributed by atoms with E-state index < -0.39 is 0 Å². The molecule has 2 aliphatic carbocycles. The van der Waals surface area contributed by atoms with Crippen LogP contribution in [0.15, 0.2) is 71.1 Å². The minimum Gasteiger partial charge on any atom is -0.0610 e. The van der Waals surface area contributed by atoms with Crippen LogP contribution in [-0.4, -0.2) is 0 Å². The van der Waals surface area contributed by atoms with Crippen LogP contribution in [0.5, 0.6) is 0 Å². The van der Waals surface area contributed by atoms with Crippen molar-refractivity contribution in [3.63, 3.8) is 0 Å². The number of benzene rings is 1. The third-order valence-corrected chi connectivity index (χ3v) is 4.05. The van der Waals surface area contributed by atoms with Crippen molar-refractivity contribution in [1.29, 1.82) is 0 Å². The van der Waals surface area contributed by atoms with Crippen LogP contribution in [0.2, 0.25) is 0 Å². The second-order valence-electron chi connectivity index (χ2n) is 4.17. The van der Waals surface area contributed by atoms with Crippen molar-refractivity contribution in [1.82, 2.24) is 0 Å². The average molecular weight is 224 g/mol. The topological polar surface area (TPSA) is 0 Å². The molecule has 0 saturated carbocycles. The Morgan fingerprint density at radius 2 is 1.75 bits per heavy atom. The molecule has 3 rings (SSSR count). The van der Waals surface area contributed by atoms with E-state index in [0.717, 1.165) is 8.58 Å². The van der Waals surface area contributed by atoms with Gasteiger partial charge in [-0.05, 0) is 40.8 Å². The Morgan fingerprint density at radius 1 is 0.938 bits per heavy atom. The molecule has 2 aliphatic rings. The Balaban J connectivity index is 1.80. The predicted octanol–water partition coefficient (Wildman–Crippen LogP) is 3.62. The maximum atomic E-state index is 2.30. The molecule has 1 aromatic rings. The van der Waals surface area contributed by atoms with Crippen molar-refractivity contribution in [2.45, 2.75) is 6.92 Å². The van der Waals surface area contributed by atoms with Gasteiger partial charge in [-0.15, -0.1) is 0 Å². The second kappa shape index (κ2) is 3.88. The number of allylic oxidation sites excluding steroid dienone is 8. The van der Waals surface area contributed by atoms with Gasteiger partial charge in [0.05, 0.1) is 0 Å². The van der Waals surface area contributed by atoms with Gasteiger partial charge in [-0.2, -0.15) is 0 Å². The van der Waals surface area contributed by atoms with Gasteiger partial charge in [0.15, 0.2) is 0 Å². The van der Waals surface area contributed by atoms with Gasteiger partial charge in [0.25, 0.3) is 0 Å². The highest BCUT2D eigenvalue weighted by Crippen LogP contribution is 2.36. The molecule has 0 aromatic heterocycles. The fraction of sp³-hybridized carbons (Fsp3) is 0.0667. The molecule has 0 nitrogen and oxygen atoms in total. The van der Waals surface area contributed by atoms with E-state index in [1.54, 1.807) is 0 Å². The summed E-state index contributed by atoms with van der Waals surface area (Å²) in [4.78, 5) is 0. The first-order chi connectivity index (χ1) is 7.81. The van der Waals surface area contributed by atoms with Gasteiger partial charge in [0, 0.05) is 0 Å². The van der Waals surface area contributed by atoms with Gasteiger partial charge in [-0.25, -0.2) is 0 Å². The molecule has 0 N–H and O–H groups in total. The van der Waals surface area contributed by atoms with Gasteiger partial charge in [-0.1, -0.05) is 56.6 Å². The fourth-order valence-corrected chi connectivity index (χ4v) is 3.09. The quantitative estimate of drug-likeness (QED) is 0.673. The first kappa shape index (κ1) is 9.81. The largest absolute Gasteiger partial charge is 0.0610 e. The highest BCUT2D eigenvalue weighted by molar-refractivity contribution is 7.52. The van der Waals surface area contributed by atoms with Crippen molar-refractivity contribution in [3.05, 3.63) is 76.7 Å². The molecular weight excluding hydrogens is 211 g/mol. The van der Waals surface area contributed by atoms with Gasteiger partial charge in [0.2, 0.25) is 0 Å². The van der Waals surface area contributed by atoms with E-state index in [0.29, 0.717) is 0 Å². The average Bonchev–Trinajstić information content (AvgIpc) is 2.81. The molecule has 0 aliphatic heterocycles. The zero-order valence-corrected chi connectivity index (χ0v) is 10.2. The van der Waals surface area contributed by atoms with Crippen LogP contribution < -0.4 is 5.30 Å². The van der Waals surface area contributed by atoms with Crippen LogP contribution in [-0.2, 0) is 0 Å². The van der Waals surface area contributed by atoms with E-state index in [2.05, 4.69) is 61.6 Å². The SMILES string of the molecule is Cc1ccc(PC2=CC3=CC=CC3=C2)cc1. The Hall–Kier alpha value is -1.39. The summed E-state index contributed by atoms with van der Waals surface area (Å²) in [6, 6.07) is 8.83. The maximum Gasteiger partial charge on any atom is -0.0177 e. The van der Waals surface area contributed by atoms with Gasteiger partial charge in [0.1, 0.15) is 0 Å². The standard InChI is InChI=1S/C15H13P/c1-11-5-7-14(8-6-11)16-15-9-12-3-2-4-13(12)10-15/h2-10,16H,1H3. The zero-order valence-electron chi connectivity index (χ0n) is 9.20. The minimum absolute atomic E-state index is 0.773. The third kappa shape index (κ3) is 1.81. The lowest BCUT2D eigenvalue weighted by atomic mass is 10.2. The Labute approximate surface area is 97.9 Å². The summed E-state index contributed by atoms with van der Waals surface area (Å²) >= 11 is 0. The Kier molecular flexibility index (Phi) is 2.38. The molecule has 0 bridgehead atoms. The van der Waals surface area contributed by atoms with Gasteiger partial charge in [-0.3, -0.25) is 0 Å². The number of fused-ring (bicyclic) bond motifs is 1. The molecule has 1 aromatic carbocycles. The van der Waals surface area contributed by atoms with Crippen LogP contribution in [0.4, 0.5) is 0 Å². The molecule has 78 valence electrons. The molecule has 0 spiro atoms. The Bertz CT molecular complexity index is 539. The van der Waals surface area contributed by atoms with Crippen LogP contribution in [0.1, 0.15) is 5.56 Å². The Morgan fingerprint density at radius 3 is 2.50 bits per heavy atom. The van der Waals surface area contributed by atoms with E-state index in [-0.39, 0.29) is 0 Å². The van der Waals surface area contributed by atoms with E-state index in [4.69, 9.17) is 0 Å². The zero-order chi connectivity index (χ0) is 11.0. The molecule has 0 amide bonds. The van der Waals surface area contributed by atoms with Crippen LogP contribution >= 0.6 is 8.58 Å². The van der Waals surface area contributed by atoms with E-state index in [1.165, 1.54) is 27.3 Å². The smallest absolute Gasteiger partial charge is 0.0177 e. The lowest BCUT2D eigenvalue weighted by Crippen LogP contribution is -1.92.